The van der Waals surface area contributed by atoms with Crippen LogP contribution in [0.1, 0.15) is 39.9 Å². The molecular weight excluding hydrogens is 190 g/mol. The van der Waals surface area contributed by atoms with Gasteiger partial charge < -0.3 is 5.32 Å². The van der Waals surface area contributed by atoms with Gasteiger partial charge in [0.25, 0.3) is 0 Å². The van der Waals surface area contributed by atoms with E-state index in [2.05, 4.69) is 48.5 Å². The molecule has 1 aromatic heterocycles. The molecule has 1 heterocycles. The van der Waals surface area contributed by atoms with Crippen molar-refractivity contribution in [3.05, 3.63) is 5.82 Å². The molecule has 0 unspecified atom stereocenters. The van der Waals surface area contributed by atoms with Crippen LogP contribution in [0.5, 0.6) is 0 Å². The van der Waals surface area contributed by atoms with E-state index in [1.54, 1.807) is 0 Å². The van der Waals surface area contributed by atoms with Gasteiger partial charge in [0.05, 0.1) is 6.54 Å². The van der Waals surface area contributed by atoms with Gasteiger partial charge in [0, 0.05) is 6.54 Å². The van der Waals surface area contributed by atoms with Crippen LogP contribution in [0.25, 0.3) is 0 Å². The van der Waals surface area contributed by atoms with E-state index in [1.807, 2.05) is 4.68 Å². The Hall–Kier alpha value is -0.970. The minimum Gasteiger partial charge on any atom is -0.310 e. The summed E-state index contributed by atoms with van der Waals surface area (Å²) in [5.74, 6) is 0.918. The zero-order chi connectivity index (χ0) is 11.3. The number of rotatable bonds is 5. The highest BCUT2D eigenvalue weighted by Gasteiger charge is 2.12. The third-order valence-electron chi connectivity index (χ3n) is 2.21. The number of tetrazole rings is 1. The summed E-state index contributed by atoms with van der Waals surface area (Å²) in [5, 5.41) is 14.9. The summed E-state index contributed by atoms with van der Waals surface area (Å²) in [4.78, 5) is 0. The van der Waals surface area contributed by atoms with Crippen molar-refractivity contribution in [3.63, 3.8) is 0 Å². The molecule has 0 aliphatic carbocycles. The van der Waals surface area contributed by atoms with E-state index in [1.165, 1.54) is 0 Å². The smallest absolute Gasteiger partial charge is 0.165 e. The van der Waals surface area contributed by atoms with Crippen molar-refractivity contribution < 1.29 is 0 Å². The predicted octanol–water partition coefficient (Wildman–Crippen LogP) is 1.22. The number of aromatic nitrogens is 4. The Kier molecular flexibility index (Phi) is 4.20. The molecule has 86 valence electrons. The Morgan fingerprint density at radius 3 is 2.67 bits per heavy atom. The van der Waals surface area contributed by atoms with E-state index >= 15 is 0 Å². The fraction of sp³-hybridized carbons (Fsp3) is 0.900. The summed E-state index contributed by atoms with van der Waals surface area (Å²) in [5.41, 5.74) is 0.321. The molecular formula is C10H21N5. The molecule has 0 aliphatic rings. The standard InChI is InChI=1S/C10H21N5/c1-5-11-8-9-12-13-14-15(9)7-6-10(2,3)4/h11H,5-8H2,1-4H3. The molecule has 0 bridgehead atoms. The fourth-order valence-electron chi connectivity index (χ4n) is 1.20. The molecule has 0 aliphatic heterocycles. The van der Waals surface area contributed by atoms with Crippen molar-refractivity contribution in [2.75, 3.05) is 6.54 Å². The van der Waals surface area contributed by atoms with E-state index in [0.717, 1.165) is 31.9 Å². The Morgan fingerprint density at radius 2 is 2.07 bits per heavy atom. The molecule has 5 heteroatoms. The summed E-state index contributed by atoms with van der Waals surface area (Å²) in [6.07, 6.45) is 1.08. The number of aryl methyl sites for hydroxylation is 1. The first-order chi connectivity index (χ1) is 7.03. The zero-order valence-electron chi connectivity index (χ0n) is 10.1. The van der Waals surface area contributed by atoms with Gasteiger partial charge in [-0.05, 0) is 28.8 Å². The van der Waals surface area contributed by atoms with Gasteiger partial charge in [-0.25, -0.2) is 4.68 Å². The maximum Gasteiger partial charge on any atom is 0.165 e. The third kappa shape index (κ3) is 4.38. The Labute approximate surface area is 91.2 Å². The van der Waals surface area contributed by atoms with Crippen molar-refractivity contribution in [2.45, 2.75) is 47.2 Å². The molecule has 1 N–H and O–H groups in total. The lowest BCUT2D eigenvalue weighted by molar-refractivity contribution is 0.334. The summed E-state index contributed by atoms with van der Waals surface area (Å²) in [6.45, 7) is 11.3. The van der Waals surface area contributed by atoms with Crippen LogP contribution in [0.2, 0.25) is 0 Å². The van der Waals surface area contributed by atoms with Crippen LogP contribution in [0.4, 0.5) is 0 Å². The van der Waals surface area contributed by atoms with Gasteiger partial charge in [0.15, 0.2) is 5.82 Å². The average molecular weight is 211 g/mol. The maximum absolute atomic E-state index is 3.99. The average Bonchev–Trinajstić information content (AvgIpc) is 2.57. The highest BCUT2D eigenvalue weighted by molar-refractivity contribution is 4.80. The largest absolute Gasteiger partial charge is 0.310 e. The van der Waals surface area contributed by atoms with Crippen molar-refractivity contribution >= 4 is 0 Å². The van der Waals surface area contributed by atoms with Crippen LogP contribution >= 0.6 is 0 Å². The zero-order valence-corrected chi connectivity index (χ0v) is 10.1. The lowest BCUT2D eigenvalue weighted by Crippen LogP contribution is -2.19. The molecule has 0 spiro atoms. The molecule has 0 aromatic carbocycles. The predicted molar refractivity (Wildman–Crippen MR) is 59.3 cm³/mol. The van der Waals surface area contributed by atoms with Crippen LogP contribution < -0.4 is 5.32 Å². The quantitative estimate of drug-likeness (QED) is 0.795. The molecule has 1 aromatic rings. The Balaban J connectivity index is 2.50. The summed E-state index contributed by atoms with van der Waals surface area (Å²) < 4.78 is 1.88. The van der Waals surface area contributed by atoms with Crippen LogP contribution in [-0.2, 0) is 13.1 Å². The Bertz CT molecular complexity index is 286. The molecule has 0 saturated heterocycles. The van der Waals surface area contributed by atoms with E-state index in [9.17, 15) is 0 Å². The SMILES string of the molecule is CCNCc1nnnn1CCC(C)(C)C. The van der Waals surface area contributed by atoms with E-state index in [4.69, 9.17) is 0 Å². The third-order valence-corrected chi connectivity index (χ3v) is 2.21. The number of nitrogens with one attached hydrogen (secondary N) is 1. The summed E-state index contributed by atoms with van der Waals surface area (Å²) >= 11 is 0. The molecule has 0 atom stereocenters. The number of hydrogen-bond acceptors (Lipinski definition) is 4. The monoisotopic (exact) mass is 211 g/mol. The van der Waals surface area contributed by atoms with Gasteiger partial charge in [0.2, 0.25) is 0 Å². The van der Waals surface area contributed by atoms with Crippen molar-refractivity contribution in [1.82, 2.24) is 25.5 Å². The first kappa shape index (κ1) is 12.1. The van der Waals surface area contributed by atoms with Crippen molar-refractivity contribution in [3.8, 4) is 0 Å². The van der Waals surface area contributed by atoms with Gasteiger partial charge in [-0.1, -0.05) is 27.7 Å². The first-order valence-electron chi connectivity index (χ1n) is 5.48. The minimum atomic E-state index is 0.321. The number of nitrogens with zero attached hydrogens (tertiary/aromatic N) is 4. The van der Waals surface area contributed by atoms with E-state index in [-0.39, 0.29) is 0 Å². The van der Waals surface area contributed by atoms with Crippen molar-refractivity contribution in [1.29, 1.82) is 0 Å². The van der Waals surface area contributed by atoms with Gasteiger partial charge in [-0.2, -0.15) is 0 Å². The lowest BCUT2D eigenvalue weighted by Gasteiger charge is -2.17. The second-order valence-corrected chi connectivity index (χ2v) is 4.91. The van der Waals surface area contributed by atoms with Crippen LogP contribution in [0.3, 0.4) is 0 Å². The number of hydrogen-bond donors (Lipinski definition) is 1. The summed E-state index contributed by atoms with van der Waals surface area (Å²) in [6, 6.07) is 0. The first-order valence-corrected chi connectivity index (χ1v) is 5.48. The molecule has 15 heavy (non-hydrogen) atoms. The maximum atomic E-state index is 3.99. The fourth-order valence-corrected chi connectivity index (χ4v) is 1.20. The summed E-state index contributed by atoms with van der Waals surface area (Å²) in [7, 11) is 0. The van der Waals surface area contributed by atoms with Gasteiger partial charge in [-0.3, -0.25) is 0 Å². The second kappa shape index (κ2) is 5.21. The van der Waals surface area contributed by atoms with Gasteiger partial charge in [-0.15, -0.1) is 5.10 Å². The van der Waals surface area contributed by atoms with Crippen LogP contribution in [0.15, 0.2) is 0 Å². The normalized spacial score (nSPS) is 12.0. The molecule has 1 rings (SSSR count). The topological polar surface area (TPSA) is 55.6 Å². The highest BCUT2D eigenvalue weighted by Crippen LogP contribution is 2.19. The minimum absolute atomic E-state index is 0.321. The molecule has 0 amide bonds. The van der Waals surface area contributed by atoms with Crippen LogP contribution in [-0.4, -0.2) is 26.8 Å². The highest BCUT2D eigenvalue weighted by atomic mass is 15.5. The molecule has 0 radical (unpaired) electrons. The van der Waals surface area contributed by atoms with Gasteiger partial charge in [0.1, 0.15) is 0 Å². The molecule has 0 saturated carbocycles. The molecule has 5 nitrogen and oxygen atoms in total. The Morgan fingerprint density at radius 1 is 1.33 bits per heavy atom. The van der Waals surface area contributed by atoms with Gasteiger partial charge >= 0.3 is 0 Å². The lowest BCUT2D eigenvalue weighted by atomic mass is 9.92. The van der Waals surface area contributed by atoms with Crippen molar-refractivity contribution in [2.24, 2.45) is 5.41 Å². The van der Waals surface area contributed by atoms with Crippen LogP contribution in [0, 0.1) is 5.41 Å². The molecule has 0 fully saturated rings. The van der Waals surface area contributed by atoms with E-state index < -0.39 is 0 Å². The van der Waals surface area contributed by atoms with E-state index in [0.29, 0.717) is 5.41 Å². The second-order valence-electron chi connectivity index (χ2n) is 4.91.